The summed E-state index contributed by atoms with van der Waals surface area (Å²) >= 11 is 0. The van der Waals surface area contributed by atoms with Crippen molar-refractivity contribution in [1.29, 1.82) is 0 Å². The maximum Gasteiger partial charge on any atom is 0.231 e. The van der Waals surface area contributed by atoms with Gasteiger partial charge in [0.05, 0.1) is 12.8 Å². The number of nitrogens with one attached hydrogen (secondary N) is 1. The molecule has 1 amide bonds. The van der Waals surface area contributed by atoms with Gasteiger partial charge < -0.3 is 14.5 Å². The molecule has 0 saturated carbocycles. The van der Waals surface area contributed by atoms with E-state index in [0.29, 0.717) is 24.7 Å². The van der Waals surface area contributed by atoms with Crippen LogP contribution in [-0.2, 0) is 4.79 Å². The van der Waals surface area contributed by atoms with Crippen LogP contribution in [-0.4, -0.2) is 33.2 Å². The predicted molar refractivity (Wildman–Crippen MR) is 99.5 cm³/mol. The largest absolute Gasteiger partial charge is 0.477 e. The number of rotatable bonds is 5. The molecule has 0 aliphatic carbocycles. The van der Waals surface area contributed by atoms with Crippen LogP contribution in [0.25, 0.3) is 28.1 Å². The average molecular weight is 362 g/mol. The zero-order chi connectivity index (χ0) is 18.2. The van der Waals surface area contributed by atoms with Gasteiger partial charge in [0.25, 0.3) is 0 Å². The van der Waals surface area contributed by atoms with Crippen LogP contribution in [0.4, 0.5) is 0 Å². The molecule has 0 spiro atoms. The molecule has 5 rings (SSSR count). The minimum Gasteiger partial charge on any atom is -0.477 e. The lowest BCUT2D eigenvalue weighted by Crippen LogP contribution is -2.26. The second-order valence-electron chi connectivity index (χ2n) is 6.67. The third kappa shape index (κ3) is 3.01. The van der Waals surface area contributed by atoms with Crippen molar-refractivity contribution in [2.75, 3.05) is 6.61 Å². The number of para-hydroxylation sites is 1. The fraction of sp³-hybridized carbons (Fsp3) is 0.250. The molecule has 1 unspecified atom stereocenters. The summed E-state index contributed by atoms with van der Waals surface area (Å²) in [6, 6.07) is 13.7. The van der Waals surface area contributed by atoms with Gasteiger partial charge >= 0.3 is 0 Å². The second kappa shape index (κ2) is 6.42. The van der Waals surface area contributed by atoms with Gasteiger partial charge in [0, 0.05) is 30.3 Å². The highest BCUT2D eigenvalue weighted by atomic mass is 16.5. The summed E-state index contributed by atoms with van der Waals surface area (Å²) in [7, 11) is 0. The second-order valence-corrected chi connectivity index (χ2v) is 6.67. The van der Waals surface area contributed by atoms with Crippen molar-refractivity contribution in [2.24, 2.45) is 0 Å². The Kier molecular flexibility index (Phi) is 3.78. The maximum atomic E-state index is 11.3. The van der Waals surface area contributed by atoms with Gasteiger partial charge in [0.1, 0.15) is 11.3 Å². The Hall–Kier alpha value is -3.35. The molecule has 4 aromatic rings. The van der Waals surface area contributed by atoms with Crippen LogP contribution in [0.15, 0.2) is 53.1 Å². The van der Waals surface area contributed by atoms with Crippen molar-refractivity contribution < 1.29 is 13.9 Å². The summed E-state index contributed by atoms with van der Waals surface area (Å²) in [5, 5.41) is 8.52. The van der Waals surface area contributed by atoms with Crippen molar-refractivity contribution in [3.8, 4) is 17.3 Å². The van der Waals surface area contributed by atoms with Gasteiger partial charge in [-0.05, 0) is 24.6 Å². The van der Waals surface area contributed by atoms with Crippen molar-refractivity contribution in [3.05, 3.63) is 48.7 Å². The third-order valence-electron chi connectivity index (χ3n) is 4.82. The molecular weight excluding hydrogens is 344 g/mol. The van der Waals surface area contributed by atoms with E-state index in [2.05, 4.69) is 15.4 Å². The monoisotopic (exact) mass is 362 g/mol. The number of amides is 1. The lowest BCUT2D eigenvalue weighted by atomic mass is 10.2. The molecule has 0 bridgehead atoms. The number of benzene rings is 1. The Morgan fingerprint density at radius 3 is 3.04 bits per heavy atom. The fourth-order valence-corrected chi connectivity index (χ4v) is 3.41. The van der Waals surface area contributed by atoms with Crippen LogP contribution >= 0.6 is 0 Å². The van der Waals surface area contributed by atoms with Crippen molar-refractivity contribution in [1.82, 2.24) is 19.9 Å². The number of ether oxygens (including phenoxy) is 1. The smallest absolute Gasteiger partial charge is 0.231 e. The Labute approximate surface area is 154 Å². The van der Waals surface area contributed by atoms with Crippen molar-refractivity contribution >= 4 is 22.5 Å². The molecule has 1 aliphatic rings. The minimum atomic E-state index is 0.119. The van der Waals surface area contributed by atoms with E-state index >= 15 is 0 Å². The van der Waals surface area contributed by atoms with Gasteiger partial charge in [-0.25, -0.2) is 9.50 Å². The zero-order valence-corrected chi connectivity index (χ0v) is 14.6. The number of hydrogen-bond acceptors (Lipinski definition) is 5. The average Bonchev–Trinajstić information content (AvgIpc) is 3.38. The van der Waals surface area contributed by atoms with E-state index in [4.69, 9.17) is 9.15 Å². The lowest BCUT2D eigenvalue weighted by molar-refractivity contribution is -0.119. The van der Waals surface area contributed by atoms with Gasteiger partial charge in [-0.1, -0.05) is 18.2 Å². The first kappa shape index (κ1) is 15.9. The number of aromatic nitrogens is 3. The number of furan rings is 1. The van der Waals surface area contributed by atoms with Crippen LogP contribution in [0.5, 0.6) is 5.88 Å². The van der Waals surface area contributed by atoms with E-state index in [1.807, 2.05) is 36.4 Å². The van der Waals surface area contributed by atoms with Crippen LogP contribution in [0.2, 0.25) is 0 Å². The van der Waals surface area contributed by atoms with Gasteiger partial charge in [-0.15, -0.1) is 5.10 Å². The van der Waals surface area contributed by atoms with E-state index in [-0.39, 0.29) is 11.9 Å². The molecule has 4 heterocycles. The standard InChI is InChI=1S/C20H18N4O3/c25-19-7-5-14(22-19)9-10-26-20-8-6-18-21-12-15(24(18)23-20)17-11-13-3-1-2-4-16(13)27-17/h1-4,6,8,11-12,14H,5,7,9-10H2,(H,22,25). The van der Waals surface area contributed by atoms with Gasteiger partial charge in [0.2, 0.25) is 11.8 Å². The summed E-state index contributed by atoms with van der Waals surface area (Å²) in [5.41, 5.74) is 2.32. The highest BCUT2D eigenvalue weighted by molar-refractivity contribution is 5.82. The quantitative estimate of drug-likeness (QED) is 0.590. The number of fused-ring (bicyclic) bond motifs is 2. The number of nitrogens with zero attached hydrogens (tertiary/aromatic N) is 3. The van der Waals surface area contributed by atoms with Crippen LogP contribution < -0.4 is 10.1 Å². The van der Waals surface area contributed by atoms with Crippen molar-refractivity contribution in [2.45, 2.75) is 25.3 Å². The molecule has 7 nitrogen and oxygen atoms in total. The Balaban J connectivity index is 1.38. The minimum absolute atomic E-state index is 0.119. The summed E-state index contributed by atoms with van der Waals surface area (Å²) in [5.74, 6) is 1.35. The molecule has 1 atom stereocenters. The van der Waals surface area contributed by atoms with E-state index in [0.717, 1.165) is 35.2 Å². The number of carbonyl (C=O) groups excluding carboxylic acids is 1. The van der Waals surface area contributed by atoms with E-state index in [1.54, 1.807) is 16.8 Å². The summed E-state index contributed by atoms with van der Waals surface area (Å²) in [4.78, 5) is 15.7. The van der Waals surface area contributed by atoms with Gasteiger partial charge in [0.15, 0.2) is 11.4 Å². The Morgan fingerprint density at radius 1 is 1.26 bits per heavy atom. The molecule has 0 radical (unpaired) electrons. The molecule has 136 valence electrons. The van der Waals surface area contributed by atoms with Crippen LogP contribution in [0.3, 0.4) is 0 Å². The normalized spacial score (nSPS) is 16.9. The molecule has 7 heteroatoms. The van der Waals surface area contributed by atoms with E-state index < -0.39 is 0 Å². The van der Waals surface area contributed by atoms with Crippen LogP contribution in [0.1, 0.15) is 19.3 Å². The fourth-order valence-electron chi connectivity index (χ4n) is 3.41. The van der Waals surface area contributed by atoms with E-state index in [9.17, 15) is 4.79 Å². The van der Waals surface area contributed by atoms with Crippen LogP contribution in [0, 0.1) is 0 Å². The maximum absolute atomic E-state index is 11.3. The van der Waals surface area contributed by atoms with Crippen molar-refractivity contribution in [3.63, 3.8) is 0 Å². The Morgan fingerprint density at radius 2 is 2.19 bits per heavy atom. The molecule has 3 aromatic heterocycles. The molecule has 1 aromatic carbocycles. The van der Waals surface area contributed by atoms with Gasteiger partial charge in [-0.2, -0.15) is 0 Å². The number of carbonyl (C=O) groups is 1. The van der Waals surface area contributed by atoms with E-state index in [1.165, 1.54) is 0 Å². The first-order chi connectivity index (χ1) is 13.3. The molecule has 1 saturated heterocycles. The summed E-state index contributed by atoms with van der Waals surface area (Å²) < 4.78 is 13.5. The zero-order valence-electron chi connectivity index (χ0n) is 14.6. The Bertz CT molecular complexity index is 1100. The molecule has 27 heavy (non-hydrogen) atoms. The first-order valence-electron chi connectivity index (χ1n) is 9.02. The number of imidazole rings is 1. The first-order valence-corrected chi connectivity index (χ1v) is 9.02. The molecule has 1 aliphatic heterocycles. The van der Waals surface area contributed by atoms with Gasteiger partial charge in [-0.3, -0.25) is 4.79 Å². The highest BCUT2D eigenvalue weighted by Crippen LogP contribution is 2.28. The summed E-state index contributed by atoms with van der Waals surface area (Å²) in [6.07, 6.45) is 3.99. The highest BCUT2D eigenvalue weighted by Gasteiger charge is 2.20. The molecule has 1 fully saturated rings. The SMILES string of the molecule is O=C1CCC(CCOc2ccc3ncc(-c4cc5ccccc5o4)n3n2)N1. The topological polar surface area (TPSA) is 81.7 Å². The lowest BCUT2D eigenvalue weighted by Gasteiger charge is -2.10. The number of hydrogen-bond donors (Lipinski definition) is 1. The summed E-state index contributed by atoms with van der Waals surface area (Å²) in [6.45, 7) is 0.498. The predicted octanol–water partition coefficient (Wildman–Crippen LogP) is 3.19. The third-order valence-corrected chi connectivity index (χ3v) is 4.82. The molecule has 1 N–H and O–H groups in total. The molecular formula is C20H18N4O3.